The molecular formula is C4H5NSY. The zero-order valence-electron chi connectivity index (χ0n) is 4.09. The zero-order chi connectivity index (χ0) is 4.41. The maximum atomic E-state index is 3.84. The molecule has 0 saturated carbocycles. The fourth-order valence-corrected chi connectivity index (χ4v) is 0.689. The van der Waals surface area contributed by atoms with Crippen LogP contribution in [-0.4, -0.2) is 4.98 Å². The van der Waals surface area contributed by atoms with Crippen molar-refractivity contribution in [2.24, 2.45) is 0 Å². The fraction of sp³-hybridized carbons (Fsp3) is 0.250. The van der Waals surface area contributed by atoms with E-state index in [-0.39, 0.29) is 32.7 Å². The van der Waals surface area contributed by atoms with E-state index < -0.39 is 0 Å². The summed E-state index contributed by atoms with van der Waals surface area (Å²) in [5, 5.41) is 0. The third kappa shape index (κ3) is 2.52. The Hall–Kier alpha value is 0.734. The molecule has 0 atom stereocenters. The van der Waals surface area contributed by atoms with Gasteiger partial charge in [0.1, 0.15) is 0 Å². The predicted octanol–water partition coefficient (Wildman–Crippen LogP) is 1.45. The standard InChI is InChI=1S/C4H5NS.Y/c1-4-2-5-3-6-4;/h2-3H,1H3;. The molecule has 0 spiro atoms. The minimum Gasteiger partial charge on any atom is -0.253 e. The second kappa shape index (κ2) is 3.70. The van der Waals surface area contributed by atoms with Crippen LogP contribution in [0.1, 0.15) is 4.88 Å². The molecule has 35 valence electrons. The van der Waals surface area contributed by atoms with E-state index in [1.807, 2.05) is 18.6 Å². The van der Waals surface area contributed by atoms with Gasteiger partial charge in [-0.3, -0.25) is 4.98 Å². The fourth-order valence-electron chi connectivity index (χ4n) is 0.279. The molecule has 0 aliphatic heterocycles. The molecular weight excluding hydrogens is 183 g/mol. The average molecular weight is 188 g/mol. The summed E-state index contributed by atoms with van der Waals surface area (Å²) in [4.78, 5) is 5.11. The zero-order valence-corrected chi connectivity index (χ0v) is 7.74. The SMILES string of the molecule is Cc1cncs1.[Y]. The Morgan fingerprint density at radius 1 is 1.71 bits per heavy atom. The van der Waals surface area contributed by atoms with Gasteiger partial charge in [0.15, 0.2) is 0 Å². The van der Waals surface area contributed by atoms with Gasteiger partial charge in [-0.1, -0.05) is 0 Å². The van der Waals surface area contributed by atoms with Gasteiger partial charge in [-0.05, 0) is 6.92 Å². The number of aryl methyl sites for hydroxylation is 1. The maximum absolute atomic E-state index is 3.84. The van der Waals surface area contributed by atoms with E-state index in [4.69, 9.17) is 0 Å². The third-order valence-electron chi connectivity index (χ3n) is 0.556. The molecule has 1 heterocycles. The van der Waals surface area contributed by atoms with Gasteiger partial charge in [0.05, 0.1) is 5.51 Å². The van der Waals surface area contributed by atoms with E-state index in [9.17, 15) is 0 Å². The van der Waals surface area contributed by atoms with Gasteiger partial charge in [0, 0.05) is 43.8 Å². The molecule has 1 nitrogen and oxygen atoms in total. The van der Waals surface area contributed by atoms with Crippen molar-refractivity contribution in [2.75, 3.05) is 0 Å². The molecule has 0 fully saturated rings. The summed E-state index contributed by atoms with van der Waals surface area (Å²) >= 11 is 1.67. The minimum atomic E-state index is 0. The quantitative estimate of drug-likeness (QED) is 0.600. The van der Waals surface area contributed by atoms with Gasteiger partial charge in [0.2, 0.25) is 0 Å². The smallest absolute Gasteiger partial charge is 0.0794 e. The summed E-state index contributed by atoms with van der Waals surface area (Å²) in [6, 6.07) is 0. The molecule has 1 aromatic heterocycles. The maximum Gasteiger partial charge on any atom is 0.0794 e. The van der Waals surface area contributed by atoms with Gasteiger partial charge >= 0.3 is 0 Å². The topological polar surface area (TPSA) is 12.9 Å². The van der Waals surface area contributed by atoms with Crippen LogP contribution in [0.25, 0.3) is 0 Å². The Kier molecular flexibility index (Phi) is 4.09. The van der Waals surface area contributed by atoms with Gasteiger partial charge < -0.3 is 0 Å². The van der Waals surface area contributed by atoms with Crippen molar-refractivity contribution >= 4 is 11.3 Å². The Bertz CT molecular complexity index is 115. The Balaban J connectivity index is 0.000000360. The van der Waals surface area contributed by atoms with Crippen LogP contribution in [0.5, 0.6) is 0 Å². The first-order valence-electron chi connectivity index (χ1n) is 1.74. The summed E-state index contributed by atoms with van der Waals surface area (Å²) in [7, 11) is 0. The Morgan fingerprint density at radius 3 is 2.57 bits per heavy atom. The number of hydrogen-bond donors (Lipinski definition) is 0. The van der Waals surface area contributed by atoms with Crippen LogP contribution in [0.4, 0.5) is 0 Å². The van der Waals surface area contributed by atoms with E-state index in [0.29, 0.717) is 0 Å². The van der Waals surface area contributed by atoms with Crippen LogP contribution >= 0.6 is 11.3 Å². The van der Waals surface area contributed by atoms with E-state index in [1.54, 1.807) is 11.3 Å². The van der Waals surface area contributed by atoms with Gasteiger partial charge in [-0.15, -0.1) is 11.3 Å². The van der Waals surface area contributed by atoms with Crippen LogP contribution in [-0.2, 0) is 32.7 Å². The Morgan fingerprint density at radius 2 is 2.43 bits per heavy atom. The first-order valence-corrected chi connectivity index (χ1v) is 2.62. The van der Waals surface area contributed by atoms with E-state index in [2.05, 4.69) is 4.98 Å². The molecule has 7 heavy (non-hydrogen) atoms. The second-order valence-corrected chi connectivity index (χ2v) is 2.20. The van der Waals surface area contributed by atoms with Crippen LogP contribution in [0.2, 0.25) is 0 Å². The van der Waals surface area contributed by atoms with Crippen molar-refractivity contribution in [1.29, 1.82) is 0 Å². The molecule has 0 aromatic carbocycles. The van der Waals surface area contributed by atoms with E-state index in [1.165, 1.54) is 4.88 Å². The first-order chi connectivity index (χ1) is 2.89. The second-order valence-electron chi connectivity index (χ2n) is 1.11. The summed E-state index contributed by atoms with van der Waals surface area (Å²) in [6.45, 7) is 2.04. The molecule has 0 amide bonds. The van der Waals surface area contributed by atoms with E-state index >= 15 is 0 Å². The van der Waals surface area contributed by atoms with Crippen molar-refractivity contribution < 1.29 is 32.7 Å². The van der Waals surface area contributed by atoms with Crippen molar-refractivity contribution in [1.82, 2.24) is 4.98 Å². The Labute approximate surface area is 72.0 Å². The third-order valence-corrected chi connectivity index (χ3v) is 1.26. The van der Waals surface area contributed by atoms with Crippen LogP contribution < -0.4 is 0 Å². The molecule has 1 rings (SSSR count). The summed E-state index contributed by atoms with van der Waals surface area (Å²) in [6.07, 6.45) is 1.85. The molecule has 1 radical (unpaired) electrons. The number of nitrogens with zero attached hydrogens (tertiary/aromatic N) is 1. The molecule has 0 bridgehead atoms. The van der Waals surface area contributed by atoms with Crippen molar-refractivity contribution in [3.05, 3.63) is 16.6 Å². The van der Waals surface area contributed by atoms with Crippen LogP contribution in [0.3, 0.4) is 0 Å². The van der Waals surface area contributed by atoms with E-state index in [0.717, 1.165) is 0 Å². The first kappa shape index (κ1) is 7.73. The van der Waals surface area contributed by atoms with Crippen molar-refractivity contribution in [3.8, 4) is 0 Å². The summed E-state index contributed by atoms with van der Waals surface area (Å²) < 4.78 is 0. The minimum absolute atomic E-state index is 0. The monoisotopic (exact) mass is 188 g/mol. The van der Waals surface area contributed by atoms with Crippen molar-refractivity contribution in [3.63, 3.8) is 0 Å². The largest absolute Gasteiger partial charge is 0.253 e. The van der Waals surface area contributed by atoms with Gasteiger partial charge in [-0.2, -0.15) is 0 Å². The molecule has 0 saturated heterocycles. The number of thiazole rings is 1. The summed E-state index contributed by atoms with van der Waals surface area (Å²) in [5.74, 6) is 0. The normalized spacial score (nSPS) is 7.57. The molecule has 0 aliphatic carbocycles. The molecule has 1 aromatic rings. The van der Waals surface area contributed by atoms with Crippen LogP contribution in [0.15, 0.2) is 11.7 Å². The average Bonchev–Trinajstić information content (AvgIpc) is 1.86. The number of rotatable bonds is 0. The number of aromatic nitrogens is 1. The van der Waals surface area contributed by atoms with Crippen molar-refractivity contribution in [2.45, 2.75) is 6.92 Å². The van der Waals surface area contributed by atoms with Gasteiger partial charge in [0.25, 0.3) is 0 Å². The van der Waals surface area contributed by atoms with Crippen LogP contribution in [0, 0.1) is 6.92 Å². The molecule has 3 heteroatoms. The predicted molar refractivity (Wildman–Crippen MR) is 26.9 cm³/mol. The molecule has 0 unspecified atom stereocenters. The summed E-state index contributed by atoms with van der Waals surface area (Å²) in [5.41, 5.74) is 1.83. The van der Waals surface area contributed by atoms with Gasteiger partial charge in [-0.25, -0.2) is 0 Å². The molecule has 0 N–H and O–H groups in total. The number of hydrogen-bond acceptors (Lipinski definition) is 2. The molecule has 0 aliphatic rings.